The van der Waals surface area contributed by atoms with E-state index in [1.54, 1.807) is 12.1 Å². The molecule has 3 N–H and O–H groups in total. The second kappa shape index (κ2) is 5.01. The fourth-order valence-corrected chi connectivity index (χ4v) is 1.76. The SMILES string of the molecule is O=C1C=C(NC(=O)c2ccccc2O)C(O)CC1. The molecule has 1 amide bonds. The van der Waals surface area contributed by atoms with Gasteiger partial charge in [-0.2, -0.15) is 0 Å². The van der Waals surface area contributed by atoms with Crippen LogP contribution in [0.5, 0.6) is 5.75 Å². The Bertz CT molecular complexity index is 521. The topological polar surface area (TPSA) is 86.6 Å². The summed E-state index contributed by atoms with van der Waals surface area (Å²) in [6.45, 7) is 0. The molecule has 5 nitrogen and oxygen atoms in total. The molecule has 18 heavy (non-hydrogen) atoms. The maximum absolute atomic E-state index is 11.9. The quantitative estimate of drug-likeness (QED) is 0.719. The van der Waals surface area contributed by atoms with Crippen molar-refractivity contribution in [3.63, 3.8) is 0 Å². The van der Waals surface area contributed by atoms with Gasteiger partial charge in [-0.1, -0.05) is 12.1 Å². The molecule has 0 fully saturated rings. The zero-order valence-electron chi connectivity index (χ0n) is 9.59. The summed E-state index contributed by atoms with van der Waals surface area (Å²) in [5.74, 6) is -0.826. The van der Waals surface area contributed by atoms with E-state index < -0.39 is 12.0 Å². The van der Waals surface area contributed by atoms with E-state index in [0.717, 1.165) is 0 Å². The number of rotatable bonds is 2. The molecule has 1 aliphatic rings. The molecule has 1 aliphatic carbocycles. The largest absolute Gasteiger partial charge is 0.507 e. The number of aliphatic hydroxyl groups excluding tert-OH is 1. The van der Waals surface area contributed by atoms with Gasteiger partial charge in [-0.3, -0.25) is 9.59 Å². The molecular formula is C13H13NO4. The predicted molar refractivity (Wildman–Crippen MR) is 63.9 cm³/mol. The minimum absolute atomic E-state index is 0.101. The fraction of sp³-hybridized carbons (Fsp3) is 0.231. The number of aromatic hydroxyl groups is 1. The monoisotopic (exact) mass is 247 g/mol. The summed E-state index contributed by atoms with van der Waals surface area (Å²) in [4.78, 5) is 23.1. The molecule has 0 saturated carbocycles. The number of phenols is 1. The number of hydrogen-bond donors (Lipinski definition) is 3. The Balaban J connectivity index is 2.17. The lowest BCUT2D eigenvalue weighted by Gasteiger charge is -2.19. The Morgan fingerprint density at radius 2 is 2.06 bits per heavy atom. The van der Waals surface area contributed by atoms with Crippen LogP contribution in [0.1, 0.15) is 23.2 Å². The third-order valence-electron chi connectivity index (χ3n) is 2.75. The Hall–Kier alpha value is -2.14. The maximum atomic E-state index is 11.9. The molecule has 0 heterocycles. The number of benzene rings is 1. The van der Waals surface area contributed by atoms with Crippen molar-refractivity contribution in [3.05, 3.63) is 41.6 Å². The van der Waals surface area contributed by atoms with Crippen LogP contribution in [0.25, 0.3) is 0 Å². The molecule has 1 atom stereocenters. The molecule has 0 spiro atoms. The van der Waals surface area contributed by atoms with E-state index >= 15 is 0 Å². The highest BCUT2D eigenvalue weighted by Gasteiger charge is 2.22. The van der Waals surface area contributed by atoms with Crippen molar-refractivity contribution in [2.24, 2.45) is 0 Å². The van der Waals surface area contributed by atoms with Gasteiger partial charge < -0.3 is 15.5 Å². The molecule has 0 saturated heterocycles. The van der Waals surface area contributed by atoms with E-state index in [0.29, 0.717) is 6.42 Å². The van der Waals surface area contributed by atoms with Crippen molar-refractivity contribution < 1.29 is 19.8 Å². The molecule has 1 unspecified atom stereocenters. The molecule has 0 aromatic heterocycles. The van der Waals surface area contributed by atoms with Crippen molar-refractivity contribution in [2.75, 3.05) is 0 Å². The second-order valence-corrected chi connectivity index (χ2v) is 4.09. The van der Waals surface area contributed by atoms with Gasteiger partial charge >= 0.3 is 0 Å². The molecule has 1 aromatic carbocycles. The van der Waals surface area contributed by atoms with Crippen LogP contribution >= 0.6 is 0 Å². The maximum Gasteiger partial charge on any atom is 0.259 e. The van der Waals surface area contributed by atoms with Crippen LogP contribution in [0.3, 0.4) is 0 Å². The third kappa shape index (κ3) is 2.57. The van der Waals surface area contributed by atoms with Gasteiger partial charge in [0.05, 0.1) is 17.4 Å². The van der Waals surface area contributed by atoms with Gasteiger partial charge in [-0.25, -0.2) is 0 Å². The number of phenolic OH excluding ortho intramolecular Hbond substituents is 1. The summed E-state index contributed by atoms with van der Waals surface area (Å²) in [5, 5.41) is 21.6. The van der Waals surface area contributed by atoms with Crippen LogP contribution in [-0.4, -0.2) is 28.0 Å². The molecular weight excluding hydrogens is 234 g/mol. The van der Waals surface area contributed by atoms with Crippen molar-refractivity contribution in [2.45, 2.75) is 18.9 Å². The van der Waals surface area contributed by atoms with Crippen LogP contribution in [0.4, 0.5) is 0 Å². The lowest BCUT2D eigenvalue weighted by atomic mass is 10.0. The predicted octanol–water partition coefficient (Wildman–Crippen LogP) is 0.730. The Morgan fingerprint density at radius 1 is 1.33 bits per heavy atom. The molecule has 0 aliphatic heterocycles. The van der Waals surface area contributed by atoms with Crippen LogP contribution in [0.15, 0.2) is 36.0 Å². The highest BCUT2D eigenvalue weighted by atomic mass is 16.3. The number of para-hydroxylation sites is 1. The van der Waals surface area contributed by atoms with Crippen molar-refractivity contribution >= 4 is 11.7 Å². The van der Waals surface area contributed by atoms with Crippen LogP contribution in [0.2, 0.25) is 0 Å². The second-order valence-electron chi connectivity index (χ2n) is 4.09. The van der Waals surface area contributed by atoms with E-state index in [2.05, 4.69) is 5.32 Å². The number of hydrogen-bond acceptors (Lipinski definition) is 4. The Morgan fingerprint density at radius 3 is 2.78 bits per heavy atom. The first-order valence-electron chi connectivity index (χ1n) is 5.60. The molecule has 94 valence electrons. The average Bonchev–Trinajstić information content (AvgIpc) is 2.34. The zero-order valence-corrected chi connectivity index (χ0v) is 9.59. The summed E-state index contributed by atoms with van der Waals surface area (Å²) < 4.78 is 0. The first-order chi connectivity index (χ1) is 8.58. The van der Waals surface area contributed by atoms with Gasteiger partial charge in [-0.05, 0) is 18.6 Å². The highest BCUT2D eigenvalue weighted by Crippen LogP contribution is 2.18. The van der Waals surface area contributed by atoms with Crippen molar-refractivity contribution in [1.29, 1.82) is 0 Å². The number of aliphatic hydroxyl groups is 1. The number of nitrogens with one attached hydrogen (secondary N) is 1. The lowest BCUT2D eigenvalue weighted by Crippen LogP contribution is -2.33. The first kappa shape index (κ1) is 12.3. The molecule has 0 radical (unpaired) electrons. The van der Waals surface area contributed by atoms with Gasteiger partial charge in [0, 0.05) is 12.5 Å². The summed E-state index contributed by atoms with van der Waals surface area (Å²) in [6.07, 6.45) is 0.951. The highest BCUT2D eigenvalue weighted by molar-refractivity contribution is 5.99. The average molecular weight is 247 g/mol. The number of amides is 1. The standard InChI is InChI=1S/C13H13NO4/c15-8-5-6-12(17)10(7-8)14-13(18)9-3-1-2-4-11(9)16/h1-4,7,12,16-17H,5-6H2,(H,14,18). The van der Waals surface area contributed by atoms with Gasteiger partial charge in [0.1, 0.15) is 5.75 Å². The van der Waals surface area contributed by atoms with Crippen LogP contribution in [-0.2, 0) is 4.79 Å². The number of carbonyl (C=O) groups is 2. The minimum Gasteiger partial charge on any atom is -0.507 e. The number of ketones is 1. The summed E-state index contributed by atoms with van der Waals surface area (Å²) in [5.41, 5.74) is 0.281. The first-order valence-corrected chi connectivity index (χ1v) is 5.60. The summed E-state index contributed by atoms with van der Waals surface area (Å²) in [7, 11) is 0. The van der Waals surface area contributed by atoms with E-state index in [4.69, 9.17) is 0 Å². The van der Waals surface area contributed by atoms with E-state index in [1.807, 2.05) is 0 Å². The molecule has 1 aromatic rings. The molecule has 5 heteroatoms. The molecule has 0 bridgehead atoms. The van der Waals surface area contributed by atoms with Crippen LogP contribution < -0.4 is 5.32 Å². The van der Waals surface area contributed by atoms with E-state index in [9.17, 15) is 19.8 Å². The Kier molecular flexibility index (Phi) is 3.43. The van der Waals surface area contributed by atoms with E-state index in [-0.39, 0.29) is 29.2 Å². The zero-order chi connectivity index (χ0) is 13.1. The summed E-state index contributed by atoms with van der Waals surface area (Å²) in [6, 6.07) is 6.07. The number of allylic oxidation sites excluding steroid dienone is 1. The smallest absolute Gasteiger partial charge is 0.259 e. The van der Waals surface area contributed by atoms with E-state index in [1.165, 1.54) is 18.2 Å². The van der Waals surface area contributed by atoms with Gasteiger partial charge in [0.15, 0.2) is 5.78 Å². The minimum atomic E-state index is -0.850. The molecule has 2 rings (SSSR count). The van der Waals surface area contributed by atoms with Crippen molar-refractivity contribution in [3.8, 4) is 5.75 Å². The van der Waals surface area contributed by atoms with Crippen molar-refractivity contribution in [1.82, 2.24) is 5.32 Å². The van der Waals surface area contributed by atoms with Gasteiger partial charge in [0.25, 0.3) is 5.91 Å². The fourth-order valence-electron chi connectivity index (χ4n) is 1.76. The van der Waals surface area contributed by atoms with Gasteiger partial charge in [-0.15, -0.1) is 0 Å². The van der Waals surface area contributed by atoms with Gasteiger partial charge in [0.2, 0.25) is 0 Å². The third-order valence-corrected chi connectivity index (χ3v) is 2.75. The normalized spacial score (nSPS) is 19.3. The van der Waals surface area contributed by atoms with Crippen LogP contribution in [0, 0.1) is 0 Å². The number of carbonyl (C=O) groups excluding carboxylic acids is 2. The lowest BCUT2D eigenvalue weighted by molar-refractivity contribution is -0.115. The Labute approximate surface area is 104 Å². The summed E-state index contributed by atoms with van der Waals surface area (Å²) >= 11 is 0.